The molecule has 5 nitrogen and oxygen atoms in total. The molecule has 0 fully saturated rings. The van der Waals surface area contributed by atoms with Gasteiger partial charge in [0.1, 0.15) is 12.4 Å². The van der Waals surface area contributed by atoms with E-state index >= 15 is 0 Å². The van der Waals surface area contributed by atoms with Crippen molar-refractivity contribution in [3.8, 4) is 0 Å². The van der Waals surface area contributed by atoms with Gasteiger partial charge >= 0.3 is 0 Å². The molecule has 29 heavy (non-hydrogen) atoms. The molecule has 0 atom stereocenters. The van der Waals surface area contributed by atoms with Crippen LogP contribution in [0.1, 0.15) is 5.56 Å². The SMILES string of the molecule is O=S(=O)(c1ccc(CN2C=CC3=CCOC3=C2)cc1)c1cccc2cccnc12. The van der Waals surface area contributed by atoms with Crippen LogP contribution in [-0.4, -0.2) is 24.9 Å². The first-order chi connectivity index (χ1) is 14.1. The highest BCUT2D eigenvalue weighted by molar-refractivity contribution is 7.91. The highest BCUT2D eigenvalue weighted by atomic mass is 32.2. The highest BCUT2D eigenvalue weighted by Gasteiger charge is 2.21. The third kappa shape index (κ3) is 3.21. The van der Waals surface area contributed by atoms with Gasteiger partial charge in [0.05, 0.1) is 15.3 Å². The summed E-state index contributed by atoms with van der Waals surface area (Å²) in [5.74, 6) is 0.871. The third-order valence-electron chi connectivity index (χ3n) is 5.04. The zero-order chi connectivity index (χ0) is 19.8. The molecule has 0 saturated heterocycles. The van der Waals surface area contributed by atoms with Crippen molar-refractivity contribution in [2.24, 2.45) is 0 Å². The van der Waals surface area contributed by atoms with Gasteiger partial charge < -0.3 is 9.64 Å². The van der Waals surface area contributed by atoms with Crippen molar-refractivity contribution in [3.63, 3.8) is 0 Å². The van der Waals surface area contributed by atoms with E-state index in [1.165, 1.54) is 0 Å². The fourth-order valence-corrected chi connectivity index (χ4v) is 4.97. The average molecular weight is 402 g/mol. The lowest BCUT2D eigenvalue weighted by Gasteiger charge is -2.20. The quantitative estimate of drug-likeness (QED) is 0.655. The first-order valence-corrected chi connectivity index (χ1v) is 10.8. The number of allylic oxidation sites excluding steroid dienone is 1. The summed E-state index contributed by atoms with van der Waals surface area (Å²) < 4.78 is 31.9. The van der Waals surface area contributed by atoms with Crippen LogP contribution in [0.5, 0.6) is 0 Å². The summed E-state index contributed by atoms with van der Waals surface area (Å²) in [4.78, 5) is 6.79. The molecule has 2 aromatic carbocycles. The lowest BCUT2D eigenvalue weighted by molar-refractivity contribution is 0.265. The number of benzene rings is 2. The second kappa shape index (κ2) is 6.90. The van der Waals surface area contributed by atoms with Crippen LogP contribution in [0, 0.1) is 0 Å². The molecule has 0 N–H and O–H groups in total. The van der Waals surface area contributed by atoms with Crippen LogP contribution in [0.4, 0.5) is 0 Å². The van der Waals surface area contributed by atoms with Crippen LogP contribution in [0.3, 0.4) is 0 Å². The molecule has 3 heterocycles. The van der Waals surface area contributed by atoms with Gasteiger partial charge in [-0.3, -0.25) is 4.98 Å². The molecule has 0 aliphatic carbocycles. The van der Waals surface area contributed by atoms with E-state index in [4.69, 9.17) is 4.74 Å². The van der Waals surface area contributed by atoms with Crippen molar-refractivity contribution in [3.05, 3.63) is 102 Å². The Kier molecular flexibility index (Phi) is 4.21. The summed E-state index contributed by atoms with van der Waals surface area (Å²) in [6.07, 6.45) is 9.64. The minimum absolute atomic E-state index is 0.227. The fraction of sp³-hybridized carbons (Fsp3) is 0.0870. The molecule has 3 aromatic rings. The molecule has 0 radical (unpaired) electrons. The Hall–Kier alpha value is -3.38. The van der Waals surface area contributed by atoms with Crippen molar-refractivity contribution in [2.45, 2.75) is 16.3 Å². The van der Waals surface area contributed by atoms with Crippen molar-refractivity contribution < 1.29 is 13.2 Å². The fourth-order valence-electron chi connectivity index (χ4n) is 3.54. The molecule has 5 rings (SSSR count). The maximum Gasteiger partial charge on any atom is 0.208 e. The molecular weight excluding hydrogens is 384 g/mol. The van der Waals surface area contributed by atoms with E-state index in [9.17, 15) is 8.42 Å². The van der Waals surface area contributed by atoms with Crippen LogP contribution in [-0.2, 0) is 21.1 Å². The van der Waals surface area contributed by atoms with Crippen molar-refractivity contribution in [2.75, 3.05) is 6.61 Å². The molecule has 0 bridgehead atoms. The molecule has 2 aliphatic heterocycles. The number of aromatic nitrogens is 1. The number of nitrogens with zero attached hydrogens (tertiary/aromatic N) is 2. The van der Waals surface area contributed by atoms with Crippen LogP contribution in [0.15, 0.2) is 106 Å². The maximum absolute atomic E-state index is 13.2. The number of fused-ring (bicyclic) bond motifs is 2. The minimum Gasteiger partial charge on any atom is -0.487 e. The Balaban J connectivity index is 1.42. The van der Waals surface area contributed by atoms with E-state index in [-0.39, 0.29) is 9.79 Å². The monoisotopic (exact) mass is 402 g/mol. The molecule has 6 heteroatoms. The number of hydrogen-bond acceptors (Lipinski definition) is 5. The molecular formula is C23H18N2O3S. The first kappa shape index (κ1) is 17.7. The molecule has 0 amide bonds. The van der Waals surface area contributed by atoms with Crippen molar-refractivity contribution in [1.82, 2.24) is 9.88 Å². The number of rotatable bonds is 4. The second-order valence-corrected chi connectivity index (χ2v) is 8.85. The average Bonchev–Trinajstić information content (AvgIpc) is 3.21. The minimum atomic E-state index is -3.66. The Labute approximate surface area is 169 Å². The van der Waals surface area contributed by atoms with Gasteiger partial charge in [-0.2, -0.15) is 0 Å². The maximum atomic E-state index is 13.2. The summed E-state index contributed by atoms with van der Waals surface area (Å²) in [5, 5.41) is 0.803. The van der Waals surface area contributed by atoms with E-state index < -0.39 is 9.84 Å². The van der Waals surface area contributed by atoms with Gasteiger partial charge in [-0.1, -0.05) is 30.3 Å². The lowest BCUT2D eigenvalue weighted by atomic mass is 10.1. The molecule has 1 aromatic heterocycles. The van der Waals surface area contributed by atoms with Crippen LogP contribution >= 0.6 is 0 Å². The van der Waals surface area contributed by atoms with E-state index in [0.717, 1.165) is 22.3 Å². The van der Waals surface area contributed by atoms with E-state index in [0.29, 0.717) is 18.7 Å². The summed E-state index contributed by atoms with van der Waals surface area (Å²) in [5.41, 5.74) is 2.60. The van der Waals surface area contributed by atoms with Gasteiger partial charge in [0, 0.05) is 36.1 Å². The second-order valence-electron chi connectivity index (χ2n) is 6.93. The molecule has 0 spiro atoms. The smallest absolute Gasteiger partial charge is 0.208 e. The van der Waals surface area contributed by atoms with Crippen LogP contribution in [0.25, 0.3) is 10.9 Å². The normalized spacial score (nSPS) is 15.7. The predicted molar refractivity (Wildman–Crippen MR) is 110 cm³/mol. The molecule has 0 saturated carbocycles. The standard InChI is InChI=1S/C23H18N2O3S/c26-29(27,22-5-1-3-19-4-2-12-24-23(19)22)20-8-6-17(7-9-20)15-25-13-10-18-11-14-28-21(18)16-25/h1-13,16H,14-15H2. The lowest BCUT2D eigenvalue weighted by Crippen LogP contribution is -2.13. The van der Waals surface area contributed by atoms with E-state index in [1.54, 1.807) is 36.5 Å². The molecule has 2 aliphatic rings. The van der Waals surface area contributed by atoms with Gasteiger partial charge in [0.15, 0.2) is 0 Å². The zero-order valence-electron chi connectivity index (χ0n) is 15.5. The number of pyridine rings is 1. The van der Waals surface area contributed by atoms with Gasteiger partial charge in [-0.15, -0.1) is 0 Å². The number of hydrogen-bond donors (Lipinski definition) is 0. The summed E-state index contributed by atoms with van der Waals surface area (Å²) in [6, 6.07) is 15.9. The first-order valence-electron chi connectivity index (χ1n) is 9.28. The molecule has 0 unspecified atom stereocenters. The van der Waals surface area contributed by atoms with Gasteiger partial charge in [0.25, 0.3) is 0 Å². The highest BCUT2D eigenvalue weighted by Crippen LogP contribution is 2.28. The van der Waals surface area contributed by atoms with E-state index in [2.05, 4.69) is 4.98 Å². The van der Waals surface area contributed by atoms with Crippen LogP contribution in [0.2, 0.25) is 0 Å². The van der Waals surface area contributed by atoms with Crippen LogP contribution < -0.4 is 0 Å². The number of sulfone groups is 1. The number of para-hydroxylation sites is 1. The largest absolute Gasteiger partial charge is 0.487 e. The Bertz CT molecular complexity index is 1280. The number of ether oxygens (including phenoxy) is 1. The summed E-state index contributed by atoms with van der Waals surface area (Å²) >= 11 is 0. The Morgan fingerprint density at radius 3 is 2.72 bits per heavy atom. The zero-order valence-corrected chi connectivity index (χ0v) is 16.3. The van der Waals surface area contributed by atoms with Gasteiger partial charge in [0.2, 0.25) is 9.84 Å². The summed E-state index contributed by atoms with van der Waals surface area (Å²) in [6.45, 7) is 1.24. The predicted octanol–water partition coefficient (Wildman–Crippen LogP) is 4.19. The van der Waals surface area contributed by atoms with Crippen molar-refractivity contribution >= 4 is 20.7 Å². The van der Waals surface area contributed by atoms with Gasteiger partial charge in [-0.25, -0.2) is 8.42 Å². The third-order valence-corrected chi connectivity index (χ3v) is 6.84. The topological polar surface area (TPSA) is 59.5 Å². The summed E-state index contributed by atoms with van der Waals surface area (Å²) in [7, 11) is -3.66. The Morgan fingerprint density at radius 1 is 1.03 bits per heavy atom. The van der Waals surface area contributed by atoms with Crippen molar-refractivity contribution in [1.29, 1.82) is 0 Å². The van der Waals surface area contributed by atoms with Gasteiger partial charge in [-0.05, 0) is 42.0 Å². The Morgan fingerprint density at radius 2 is 1.86 bits per heavy atom. The molecule has 144 valence electrons. The van der Waals surface area contributed by atoms with E-state index in [1.807, 2.05) is 53.7 Å².